The van der Waals surface area contributed by atoms with Gasteiger partial charge < -0.3 is 10.7 Å². The van der Waals surface area contributed by atoms with Gasteiger partial charge in [0.1, 0.15) is 0 Å². The highest BCUT2D eigenvalue weighted by atomic mass is 16.5. The minimum absolute atomic E-state index is 0.551. The maximum absolute atomic E-state index is 10.5. The Kier molecular flexibility index (Phi) is 2.65. The van der Waals surface area contributed by atoms with Gasteiger partial charge in [-0.25, -0.2) is 0 Å². The van der Waals surface area contributed by atoms with E-state index in [2.05, 4.69) is 4.98 Å². The maximum Gasteiger partial charge on any atom is 0.0702 e. The van der Waals surface area contributed by atoms with E-state index < -0.39 is 0 Å². The Morgan fingerprint density at radius 2 is 2.07 bits per heavy atom. The van der Waals surface area contributed by atoms with Crippen molar-refractivity contribution in [2.45, 2.75) is 6.92 Å². The lowest BCUT2D eigenvalue weighted by molar-refractivity contribution is 1.27. The zero-order chi connectivity index (χ0) is 10.7. The van der Waals surface area contributed by atoms with Crippen molar-refractivity contribution in [3.8, 4) is 11.3 Å². The molecule has 0 saturated heterocycles. The standard InChI is InChI=1S/C12H11N2O/c1-9-5-6-12(13-8-9)10-3-2-4-11(7-10)14-15/h2-8,14H,1H3/q-1. The van der Waals surface area contributed by atoms with Crippen molar-refractivity contribution in [1.82, 2.24) is 4.98 Å². The van der Waals surface area contributed by atoms with Gasteiger partial charge >= 0.3 is 0 Å². The van der Waals surface area contributed by atoms with Crippen molar-refractivity contribution in [1.29, 1.82) is 0 Å². The number of nitrogens with zero attached hydrogens (tertiary/aromatic N) is 1. The Balaban J connectivity index is 2.40. The number of aromatic nitrogens is 1. The van der Waals surface area contributed by atoms with Crippen LogP contribution in [-0.4, -0.2) is 4.98 Å². The SMILES string of the molecule is Cc1ccc(-c2cccc(N[O-])c2)nc1. The highest BCUT2D eigenvalue weighted by Crippen LogP contribution is 2.20. The molecule has 2 aromatic rings. The van der Waals surface area contributed by atoms with Crippen LogP contribution in [0.2, 0.25) is 0 Å². The molecule has 0 radical (unpaired) electrons. The quantitative estimate of drug-likeness (QED) is 0.756. The lowest BCUT2D eigenvalue weighted by Gasteiger charge is -2.10. The number of rotatable bonds is 2. The zero-order valence-electron chi connectivity index (χ0n) is 8.40. The van der Waals surface area contributed by atoms with E-state index in [1.165, 1.54) is 0 Å². The molecular weight excluding hydrogens is 188 g/mol. The van der Waals surface area contributed by atoms with Gasteiger partial charge in [0.2, 0.25) is 0 Å². The van der Waals surface area contributed by atoms with E-state index >= 15 is 0 Å². The Bertz CT molecular complexity index is 451. The van der Waals surface area contributed by atoms with Gasteiger partial charge in [0.05, 0.1) is 5.69 Å². The second kappa shape index (κ2) is 4.11. The third-order valence-electron chi connectivity index (χ3n) is 2.19. The summed E-state index contributed by atoms with van der Waals surface area (Å²) in [4.78, 5) is 4.29. The van der Waals surface area contributed by atoms with Crippen LogP contribution in [0.4, 0.5) is 5.69 Å². The molecule has 0 amide bonds. The molecule has 76 valence electrons. The van der Waals surface area contributed by atoms with E-state index in [4.69, 9.17) is 0 Å². The topological polar surface area (TPSA) is 48.0 Å². The number of anilines is 1. The summed E-state index contributed by atoms with van der Waals surface area (Å²) in [7, 11) is 0. The van der Waals surface area contributed by atoms with Crippen LogP contribution in [0.1, 0.15) is 5.56 Å². The number of benzene rings is 1. The summed E-state index contributed by atoms with van der Waals surface area (Å²) < 4.78 is 0. The van der Waals surface area contributed by atoms with Crippen LogP contribution < -0.4 is 5.48 Å². The van der Waals surface area contributed by atoms with E-state index in [1.807, 2.05) is 42.9 Å². The summed E-state index contributed by atoms with van der Waals surface area (Å²) in [5, 5.41) is 10.5. The van der Waals surface area contributed by atoms with E-state index in [1.54, 1.807) is 12.1 Å². The summed E-state index contributed by atoms with van der Waals surface area (Å²) in [6, 6.07) is 11.2. The fourth-order valence-corrected chi connectivity index (χ4v) is 1.38. The Labute approximate surface area is 88.4 Å². The van der Waals surface area contributed by atoms with Crippen molar-refractivity contribution in [3.63, 3.8) is 0 Å². The Hall–Kier alpha value is -1.87. The summed E-state index contributed by atoms with van der Waals surface area (Å²) in [5.74, 6) is 0. The second-order valence-corrected chi connectivity index (χ2v) is 3.40. The first-order valence-corrected chi connectivity index (χ1v) is 4.71. The van der Waals surface area contributed by atoms with Crippen LogP contribution in [-0.2, 0) is 0 Å². The Morgan fingerprint density at radius 1 is 1.20 bits per heavy atom. The molecule has 15 heavy (non-hydrogen) atoms. The fraction of sp³-hybridized carbons (Fsp3) is 0.0833. The van der Waals surface area contributed by atoms with Crippen LogP contribution in [0.5, 0.6) is 0 Å². The van der Waals surface area contributed by atoms with Crippen molar-refractivity contribution in [2.24, 2.45) is 0 Å². The number of hydrogen-bond donors (Lipinski definition) is 1. The molecule has 0 fully saturated rings. The molecule has 0 aliphatic carbocycles. The first-order chi connectivity index (χ1) is 7.29. The number of hydrogen-bond acceptors (Lipinski definition) is 3. The molecule has 2 rings (SSSR count). The number of aryl methyl sites for hydroxylation is 1. The Morgan fingerprint density at radius 3 is 2.73 bits per heavy atom. The van der Waals surface area contributed by atoms with Crippen molar-refractivity contribution < 1.29 is 0 Å². The van der Waals surface area contributed by atoms with Gasteiger partial charge in [-0.05, 0) is 30.7 Å². The summed E-state index contributed by atoms with van der Waals surface area (Å²) in [6.07, 6.45) is 1.81. The van der Waals surface area contributed by atoms with Crippen LogP contribution in [0.25, 0.3) is 11.3 Å². The highest BCUT2D eigenvalue weighted by Gasteiger charge is 1.98. The maximum atomic E-state index is 10.5. The smallest absolute Gasteiger partial charge is 0.0702 e. The molecule has 1 aromatic carbocycles. The van der Waals surface area contributed by atoms with Gasteiger partial charge in [-0.1, -0.05) is 18.2 Å². The summed E-state index contributed by atoms with van der Waals surface area (Å²) in [5.41, 5.74) is 5.36. The molecule has 0 unspecified atom stereocenters. The van der Waals surface area contributed by atoms with E-state index in [0.29, 0.717) is 5.69 Å². The minimum atomic E-state index is 0.551. The highest BCUT2D eigenvalue weighted by molar-refractivity contribution is 5.65. The minimum Gasteiger partial charge on any atom is -0.761 e. The third-order valence-corrected chi connectivity index (χ3v) is 2.19. The average molecular weight is 199 g/mol. The predicted molar refractivity (Wildman–Crippen MR) is 61.4 cm³/mol. The average Bonchev–Trinajstić information content (AvgIpc) is 2.30. The summed E-state index contributed by atoms with van der Waals surface area (Å²) in [6.45, 7) is 1.99. The van der Waals surface area contributed by atoms with Crippen LogP contribution in [0, 0.1) is 12.1 Å². The summed E-state index contributed by atoms with van der Waals surface area (Å²) >= 11 is 0. The molecule has 0 spiro atoms. The lowest BCUT2D eigenvalue weighted by atomic mass is 10.1. The third kappa shape index (κ3) is 2.14. The molecule has 1 N–H and O–H groups in total. The first kappa shape index (κ1) is 9.68. The van der Waals surface area contributed by atoms with Crippen molar-refractivity contribution in [2.75, 3.05) is 5.48 Å². The van der Waals surface area contributed by atoms with Crippen molar-refractivity contribution in [3.05, 3.63) is 53.4 Å². The van der Waals surface area contributed by atoms with Crippen LogP contribution >= 0.6 is 0 Å². The second-order valence-electron chi connectivity index (χ2n) is 3.40. The van der Waals surface area contributed by atoms with E-state index in [0.717, 1.165) is 16.8 Å². The molecule has 0 bridgehead atoms. The number of nitrogens with one attached hydrogen (secondary N) is 1. The normalized spacial score (nSPS) is 10.0. The molecule has 3 nitrogen and oxygen atoms in total. The molecule has 0 saturated carbocycles. The van der Waals surface area contributed by atoms with Gasteiger partial charge in [-0.3, -0.25) is 4.98 Å². The van der Waals surface area contributed by atoms with Gasteiger partial charge in [0.25, 0.3) is 0 Å². The van der Waals surface area contributed by atoms with Gasteiger partial charge in [-0.2, -0.15) is 0 Å². The van der Waals surface area contributed by atoms with Crippen molar-refractivity contribution >= 4 is 5.69 Å². The van der Waals surface area contributed by atoms with E-state index in [-0.39, 0.29) is 0 Å². The van der Waals surface area contributed by atoms with Gasteiger partial charge in [-0.15, -0.1) is 0 Å². The lowest BCUT2D eigenvalue weighted by Crippen LogP contribution is -1.87. The molecule has 0 atom stereocenters. The largest absolute Gasteiger partial charge is 0.761 e. The molecular formula is C12H11N2O-. The monoisotopic (exact) mass is 199 g/mol. The molecule has 1 heterocycles. The fourth-order valence-electron chi connectivity index (χ4n) is 1.38. The van der Waals surface area contributed by atoms with Crippen LogP contribution in [0.3, 0.4) is 0 Å². The zero-order valence-corrected chi connectivity index (χ0v) is 8.40. The number of pyridine rings is 1. The molecule has 3 heteroatoms. The van der Waals surface area contributed by atoms with Gasteiger partial charge in [0, 0.05) is 17.4 Å². The first-order valence-electron chi connectivity index (χ1n) is 4.71. The predicted octanol–water partition coefficient (Wildman–Crippen LogP) is 2.97. The van der Waals surface area contributed by atoms with Gasteiger partial charge in [0.15, 0.2) is 0 Å². The molecule has 0 aliphatic heterocycles. The van der Waals surface area contributed by atoms with Crippen LogP contribution in [0.15, 0.2) is 42.6 Å². The van der Waals surface area contributed by atoms with E-state index in [9.17, 15) is 5.21 Å². The molecule has 0 aliphatic rings. The molecule has 1 aromatic heterocycles.